The van der Waals surface area contributed by atoms with Gasteiger partial charge in [0.1, 0.15) is 6.10 Å². The largest absolute Gasteiger partial charge is 0.478 e. The minimum atomic E-state index is -1.04. The first-order chi connectivity index (χ1) is 11.9. The van der Waals surface area contributed by atoms with Crippen molar-refractivity contribution < 1.29 is 19.4 Å². The molecule has 1 aromatic carbocycles. The SMILES string of the molecule is CCCCCCC(OC(=O)c1cccc(C(=O)O)c1)C(CC)C(C)C. The van der Waals surface area contributed by atoms with Crippen molar-refractivity contribution in [2.45, 2.75) is 72.3 Å². The summed E-state index contributed by atoms with van der Waals surface area (Å²) in [7, 11) is 0. The van der Waals surface area contributed by atoms with Crippen molar-refractivity contribution in [3.63, 3.8) is 0 Å². The average molecular weight is 348 g/mol. The predicted molar refractivity (Wildman–Crippen MR) is 100.0 cm³/mol. The molecule has 4 nitrogen and oxygen atoms in total. The molecule has 0 spiro atoms. The Kier molecular flexibility index (Phi) is 9.25. The van der Waals surface area contributed by atoms with Crippen molar-refractivity contribution in [1.82, 2.24) is 0 Å². The zero-order valence-corrected chi connectivity index (χ0v) is 16.0. The van der Waals surface area contributed by atoms with Crippen LogP contribution in [-0.4, -0.2) is 23.1 Å². The average Bonchev–Trinajstić information content (AvgIpc) is 2.58. The summed E-state index contributed by atoms with van der Waals surface area (Å²) in [5.74, 6) is -0.727. The molecule has 0 radical (unpaired) electrons. The standard InChI is InChI=1S/C21H32O4/c1-5-7-8-9-13-19(18(6-2)15(3)4)25-21(24)17-12-10-11-16(14-17)20(22)23/h10-12,14-15,18-19H,5-9,13H2,1-4H3,(H,22,23). The van der Waals surface area contributed by atoms with E-state index >= 15 is 0 Å². The highest BCUT2D eigenvalue weighted by atomic mass is 16.5. The number of esters is 1. The van der Waals surface area contributed by atoms with Crippen molar-refractivity contribution in [3.05, 3.63) is 35.4 Å². The van der Waals surface area contributed by atoms with Gasteiger partial charge in [-0.05, 0) is 49.3 Å². The molecule has 1 aromatic rings. The summed E-state index contributed by atoms with van der Waals surface area (Å²) in [4.78, 5) is 23.6. The Morgan fingerprint density at radius 1 is 1.08 bits per heavy atom. The van der Waals surface area contributed by atoms with Crippen LogP contribution in [0.3, 0.4) is 0 Å². The fourth-order valence-electron chi connectivity index (χ4n) is 3.28. The molecule has 4 heteroatoms. The zero-order chi connectivity index (χ0) is 18.8. The van der Waals surface area contributed by atoms with Crippen molar-refractivity contribution in [2.75, 3.05) is 0 Å². The van der Waals surface area contributed by atoms with Crippen LogP contribution in [0.1, 0.15) is 86.9 Å². The van der Waals surface area contributed by atoms with E-state index in [2.05, 4.69) is 27.7 Å². The first kappa shape index (κ1) is 21.2. The van der Waals surface area contributed by atoms with Crippen molar-refractivity contribution >= 4 is 11.9 Å². The van der Waals surface area contributed by atoms with Crippen LogP contribution >= 0.6 is 0 Å². The molecule has 25 heavy (non-hydrogen) atoms. The monoisotopic (exact) mass is 348 g/mol. The van der Waals surface area contributed by atoms with E-state index in [0.717, 1.165) is 25.7 Å². The molecule has 0 saturated heterocycles. The number of hydrogen-bond donors (Lipinski definition) is 1. The van der Waals surface area contributed by atoms with E-state index in [4.69, 9.17) is 9.84 Å². The highest BCUT2D eigenvalue weighted by molar-refractivity contribution is 5.94. The second kappa shape index (κ2) is 10.9. The van der Waals surface area contributed by atoms with E-state index < -0.39 is 11.9 Å². The molecular formula is C21H32O4. The first-order valence-electron chi connectivity index (χ1n) is 9.45. The summed E-state index contributed by atoms with van der Waals surface area (Å²) in [5.41, 5.74) is 0.405. The van der Waals surface area contributed by atoms with Crippen molar-refractivity contribution in [2.24, 2.45) is 11.8 Å². The Morgan fingerprint density at radius 2 is 1.76 bits per heavy atom. The number of hydrogen-bond acceptors (Lipinski definition) is 3. The van der Waals surface area contributed by atoms with Crippen LogP contribution in [0.5, 0.6) is 0 Å². The van der Waals surface area contributed by atoms with Gasteiger partial charge in [0.05, 0.1) is 11.1 Å². The van der Waals surface area contributed by atoms with Crippen LogP contribution in [0, 0.1) is 11.8 Å². The van der Waals surface area contributed by atoms with Gasteiger partial charge in [-0.3, -0.25) is 0 Å². The highest BCUT2D eigenvalue weighted by Crippen LogP contribution is 2.27. The smallest absolute Gasteiger partial charge is 0.338 e. The molecular weight excluding hydrogens is 316 g/mol. The number of ether oxygens (including phenoxy) is 1. The Balaban J connectivity index is 2.85. The lowest BCUT2D eigenvalue weighted by Crippen LogP contribution is -2.30. The predicted octanol–water partition coefficient (Wildman–Crippen LogP) is 5.56. The minimum Gasteiger partial charge on any atom is -0.478 e. The second-order valence-corrected chi connectivity index (χ2v) is 7.00. The fourth-order valence-corrected chi connectivity index (χ4v) is 3.28. The normalized spacial score (nSPS) is 13.5. The lowest BCUT2D eigenvalue weighted by molar-refractivity contribution is 0.00146. The van der Waals surface area contributed by atoms with Gasteiger partial charge in [-0.1, -0.05) is 53.0 Å². The number of carbonyl (C=O) groups is 2. The van der Waals surface area contributed by atoms with Gasteiger partial charge in [0.15, 0.2) is 0 Å². The van der Waals surface area contributed by atoms with Crippen LogP contribution < -0.4 is 0 Å². The molecule has 2 atom stereocenters. The fraction of sp³-hybridized carbons (Fsp3) is 0.619. The van der Waals surface area contributed by atoms with Gasteiger partial charge in [-0.15, -0.1) is 0 Å². The third kappa shape index (κ3) is 6.89. The molecule has 0 aliphatic carbocycles. The number of unbranched alkanes of at least 4 members (excludes halogenated alkanes) is 3. The van der Waals surface area contributed by atoms with E-state index in [0.29, 0.717) is 17.4 Å². The molecule has 140 valence electrons. The third-order valence-corrected chi connectivity index (χ3v) is 4.75. The number of benzene rings is 1. The van der Waals surface area contributed by atoms with Gasteiger partial charge < -0.3 is 9.84 Å². The van der Waals surface area contributed by atoms with Crippen LogP contribution in [0.15, 0.2) is 24.3 Å². The number of carboxylic acids is 1. The van der Waals surface area contributed by atoms with Gasteiger partial charge in [0.25, 0.3) is 0 Å². The van der Waals surface area contributed by atoms with Gasteiger partial charge in [-0.2, -0.15) is 0 Å². The maximum Gasteiger partial charge on any atom is 0.338 e. The van der Waals surface area contributed by atoms with E-state index in [1.165, 1.54) is 25.0 Å². The second-order valence-electron chi connectivity index (χ2n) is 7.00. The lowest BCUT2D eigenvalue weighted by atomic mass is 9.85. The van der Waals surface area contributed by atoms with E-state index in [1.807, 2.05) is 0 Å². The van der Waals surface area contributed by atoms with E-state index in [-0.39, 0.29) is 11.7 Å². The lowest BCUT2D eigenvalue weighted by Gasteiger charge is -2.29. The molecule has 0 amide bonds. The zero-order valence-electron chi connectivity index (χ0n) is 16.0. The highest BCUT2D eigenvalue weighted by Gasteiger charge is 2.27. The van der Waals surface area contributed by atoms with Crippen LogP contribution in [0.2, 0.25) is 0 Å². The number of aromatic carboxylic acids is 1. The Hall–Kier alpha value is -1.84. The van der Waals surface area contributed by atoms with Crippen molar-refractivity contribution in [3.8, 4) is 0 Å². The van der Waals surface area contributed by atoms with Crippen LogP contribution in [0.25, 0.3) is 0 Å². The topological polar surface area (TPSA) is 63.6 Å². The summed E-state index contributed by atoms with van der Waals surface area (Å²) in [5, 5.41) is 9.09. The van der Waals surface area contributed by atoms with E-state index in [1.54, 1.807) is 12.1 Å². The third-order valence-electron chi connectivity index (χ3n) is 4.75. The summed E-state index contributed by atoms with van der Waals surface area (Å²) in [6, 6.07) is 6.05. The molecule has 0 aliphatic heterocycles. The number of carbonyl (C=O) groups excluding carboxylic acids is 1. The molecule has 0 saturated carbocycles. The molecule has 0 aromatic heterocycles. The summed E-state index contributed by atoms with van der Waals surface area (Å²) < 4.78 is 5.83. The Morgan fingerprint density at radius 3 is 2.32 bits per heavy atom. The van der Waals surface area contributed by atoms with Gasteiger partial charge in [0.2, 0.25) is 0 Å². The molecule has 0 bridgehead atoms. The summed E-state index contributed by atoms with van der Waals surface area (Å²) >= 11 is 0. The van der Waals surface area contributed by atoms with Crippen molar-refractivity contribution in [1.29, 1.82) is 0 Å². The Bertz CT molecular complexity index is 551. The van der Waals surface area contributed by atoms with Gasteiger partial charge in [0, 0.05) is 0 Å². The molecule has 0 heterocycles. The van der Waals surface area contributed by atoms with Crippen LogP contribution in [-0.2, 0) is 4.74 Å². The molecule has 1 N–H and O–H groups in total. The minimum absolute atomic E-state index is 0.102. The summed E-state index contributed by atoms with van der Waals surface area (Å²) in [6.07, 6.45) is 6.26. The molecule has 1 rings (SSSR count). The van der Waals surface area contributed by atoms with E-state index in [9.17, 15) is 9.59 Å². The van der Waals surface area contributed by atoms with Crippen LogP contribution in [0.4, 0.5) is 0 Å². The molecule has 2 unspecified atom stereocenters. The molecule has 0 fully saturated rings. The quantitative estimate of drug-likeness (QED) is 0.420. The maximum absolute atomic E-state index is 12.5. The Labute approximate surface area is 151 Å². The molecule has 0 aliphatic rings. The van der Waals surface area contributed by atoms with Gasteiger partial charge in [-0.25, -0.2) is 9.59 Å². The first-order valence-corrected chi connectivity index (χ1v) is 9.45. The summed E-state index contributed by atoms with van der Waals surface area (Å²) in [6.45, 7) is 8.62. The van der Waals surface area contributed by atoms with Gasteiger partial charge >= 0.3 is 11.9 Å². The number of rotatable bonds is 11. The number of carboxylic acid groups (broad SMARTS) is 1. The maximum atomic E-state index is 12.5.